The van der Waals surface area contributed by atoms with E-state index in [2.05, 4.69) is 5.32 Å². The lowest BCUT2D eigenvalue weighted by atomic mass is 10.3. The summed E-state index contributed by atoms with van der Waals surface area (Å²) in [5.41, 5.74) is 0.593. The molecule has 3 heteroatoms. The number of allylic oxidation sites excluding steroid dienone is 3. The van der Waals surface area contributed by atoms with Crippen molar-refractivity contribution >= 4 is 5.97 Å². The van der Waals surface area contributed by atoms with Gasteiger partial charge in [-0.25, -0.2) is 4.79 Å². The van der Waals surface area contributed by atoms with Crippen LogP contribution in [0.4, 0.5) is 0 Å². The summed E-state index contributed by atoms with van der Waals surface area (Å²) in [5.74, 6) is -0.942. The molecule has 0 atom stereocenters. The Balaban J connectivity index is 2.67. The van der Waals surface area contributed by atoms with Crippen LogP contribution < -0.4 is 5.32 Å². The highest BCUT2D eigenvalue weighted by molar-refractivity contribution is 5.81. The van der Waals surface area contributed by atoms with Gasteiger partial charge in [0.1, 0.15) is 0 Å². The van der Waals surface area contributed by atoms with Crippen LogP contribution in [0.25, 0.3) is 0 Å². The molecule has 52 valence electrons. The maximum Gasteiger partial charge on any atom is 0.330 e. The molecule has 0 bridgehead atoms. The van der Waals surface area contributed by atoms with Crippen molar-refractivity contribution in [2.24, 2.45) is 0 Å². The van der Waals surface area contributed by atoms with Crippen LogP contribution in [0, 0.1) is 0 Å². The van der Waals surface area contributed by atoms with Crippen LogP contribution in [-0.2, 0) is 4.79 Å². The van der Waals surface area contributed by atoms with Gasteiger partial charge < -0.3 is 10.4 Å². The Morgan fingerprint density at radius 3 is 2.90 bits per heavy atom. The second-order valence-corrected chi connectivity index (χ2v) is 1.80. The number of dihydropyridines is 1. The third kappa shape index (κ3) is 1.78. The Morgan fingerprint density at radius 1 is 1.60 bits per heavy atom. The molecule has 0 aromatic heterocycles. The Bertz CT molecular complexity index is 226. The van der Waals surface area contributed by atoms with E-state index in [4.69, 9.17) is 5.11 Å². The van der Waals surface area contributed by atoms with E-state index in [-0.39, 0.29) is 0 Å². The van der Waals surface area contributed by atoms with E-state index in [1.165, 1.54) is 0 Å². The van der Waals surface area contributed by atoms with Gasteiger partial charge in [0.05, 0.1) is 0 Å². The van der Waals surface area contributed by atoms with Gasteiger partial charge in [0.25, 0.3) is 0 Å². The zero-order chi connectivity index (χ0) is 7.40. The van der Waals surface area contributed by atoms with E-state index in [0.29, 0.717) is 5.70 Å². The summed E-state index contributed by atoms with van der Waals surface area (Å²) in [5, 5.41) is 11.1. The van der Waals surface area contributed by atoms with Crippen molar-refractivity contribution in [1.29, 1.82) is 0 Å². The molecule has 3 nitrogen and oxygen atoms in total. The lowest BCUT2D eigenvalue weighted by molar-refractivity contribution is -0.131. The number of aliphatic carboxylic acids is 1. The average molecular weight is 137 g/mol. The van der Waals surface area contributed by atoms with Crippen molar-refractivity contribution in [3.8, 4) is 0 Å². The minimum Gasteiger partial charge on any atom is -0.478 e. The fraction of sp³-hybridized carbons (Fsp3) is 0. The molecule has 1 aliphatic heterocycles. The normalized spacial score (nSPS) is 19.0. The lowest BCUT2D eigenvalue weighted by Crippen LogP contribution is -2.06. The fourth-order valence-electron chi connectivity index (χ4n) is 0.630. The summed E-state index contributed by atoms with van der Waals surface area (Å²) in [6.45, 7) is 0. The molecule has 0 spiro atoms. The van der Waals surface area contributed by atoms with Gasteiger partial charge in [0, 0.05) is 18.0 Å². The SMILES string of the molecule is O=C(O)C=C1C=CC=CN1. The van der Waals surface area contributed by atoms with Gasteiger partial charge in [-0.05, 0) is 12.2 Å². The lowest BCUT2D eigenvalue weighted by Gasteiger charge is -2.02. The molecule has 0 saturated heterocycles. The maximum absolute atomic E-state index is 10.1. The summed E-state index contributed by atoms with van der Waals surface area (Å²) < 4.78 is 0. The smallest absolute Gasteiger partial charge is 0.330 e. The summed E-state index contributed by atoms with van der Waals surface area (Å²) >= 11 is 0. The molecule has 0 unspecified atom stereocenters. The van der Waals surface area contributed by atoms with Crippen LogP contribution in [-0.4, -0.2) is 11.1 Å². The second-order valence-electron chi connectivity index (χ2n) is 1.80. The molecule has 1 heterocycles. The summed E-state index contributed by atoms with van der Waals surface area (Å²) in [6, 6.07) is 0. The van der Waals surface area contributed by atoms with E-state index >= 15 is 0 Å². The zero-order valence-electron chi connectivity index (χ0n) is 5.24. The van der Waals surface area contributed by atoms with Gasteiger partial charge in [0.2, 0.25) is 0 Å². The minimum atomic E-state index is -0.942. The molecule has 0 saturated carbocycles. The first kappa shape index (κ1) is 6.61. The van der Waals surface area contributed by atoms with E-state index in [1.807, 2.05) is 0 Å². The Labute approximate surface area is 58.4 Å². The van der Waals surface area contributed by atoms with E-state index in [0.717, 1.165) is 6.08 Å². The van der Waals surface area contributed by atoms with Crippen LogP contribution in [0.15, 0.2) is 36.2 Å². The molecule has 2 N–H and O–H groups in total. The van der Waals surface area contributed by atoms with Crippen molar-refractivity contribution < 1.29 is 9.90 Å². The van der Waals surface area contributed by atoms with E-state index in [9.17, 15) is 4.79 Å². The minimum absolute atomic E-state index is 0.593. The highest BCUT2D eigenvalue weighted by atomic mass is 16.4. The standard InChI is InChI=1S/C7H7NO2/c9-7(10)5-6-3-1-2-4-8-6/h1-5,8H,(H,9,10). The number of hydrogen-bond donors (Lipinski definition) is 2. The second kappa shape index (κ2) is 2.87. The van der Waals surface area contributed by atoms with Crippen molar-refractivity contribution in [1.82, 2.24) is 5.32 Å². The molecule has 0 aliphatic carbocycles. The molecular formula is C7H7NO2. The molecule has 1 rings (SSSR count). The van der Waals surface area contributed by atoms with Gasteiger partial charge in [-0.15, -0.1) is 0 Å². The van der Waals surface area contributed by atoms with Gasteiger partial charge in [0.15, 0.2) is 0 Å². The molecule has 0 radical (unpaired) electrons. The predicted molar refractivity (Wildman–Crippen MR) is 37.1 cm³/mol. The van der Waals surface area contributed by atoms with Crippen molar-refractivity contribution in [2.45, 2.75) is 0 Å². The van der Waals surface area contributed by atoms with Crippen LogP contribution in [0.1, 0.15) is 0 Å². The van der Waals surface area contributed by atoms with Crippen molar-refractivity contribution in [2.75, 3.05) is 0 Å². The molecule has 10 heavy (non-hydrogen) atoms. The average Bonchev–Trinajstić information content (AvgIpc) is 1.88. The number of carbonyl (C=O) groups is 1. The molecular weight excluding hydrogens is 130 g/mol. The number of carboxylic acid groups (broad SMARTS) is 1. The molecule has 0 aromatic carbocycles. The zero-order valence-corrected chi connectivity index (χ0v) is 5.24. The summed E-state index contributed by atoms with van der Waals surface area (Å²) in [6.07, 6.45) is 8.04. The quantitative estimate of drug-likeness (QED) is 0.521. The maximum atomic E-state index is 10.1. The predicted octanol–water partition coefficient (Wildman–Crippen LogP) is 0.628. The van der Waals surface area contributed by atoms with Gasteiger partial charge >= 0.3 is 5.97 Å². The Morgan fingerprint density at radius 2 is 2.40 bits per heavy atom. The van der Waals surface area contributed by atoms with E-state index < -0.39 is 5.97 Å². The summed E-state index contributed by atoms with van der Waals surface area (Å²) in [4.78, 5) is 10.1. The van der Waals surface area contributed by atoms with Gasteiger partial charge in [-0.2, -0.15) is 0 Å². The number of carboxylic acids is 1. The highest BCUT2D eigenvalue weighted by Gasteiger charge is 1.94. The first-order chi connectivity index (χ1) is 4.79. The fourth-order valence-corrected chi connectivity index (χ4v) is 0.630. The van der Waals surface area contributed by atoms with Crippen LogP contribution in [0.3, 0.4) is 0 Å². The van der Waals surface area contributed by atoms with Crippen molar-refractivity contribution in [3.05, 3.63) is 36.2 Å². The largest absolute Gasteiger partial charge is 0.478 e. The molecule has 0 fully saturated rings. The van der Waals surface area contributed by atoms with Crippen LogP contribution in [0.5, 0.6) is 0 Å². The highest BCUT2D eigenvalue weighted by Crippen LogP contribution is 1.96. The number of hydrogen-bond acceptors (Lipinski definition) is 2. The van der Waals surface area contributed by atoms with Crippen LogP contribution >= 0.6 is 0 Å². The third-order valence-corrected chi connectivity index (χ3v) is 1.01. The molecule has 0 amide bonds. The molecule has 1 aliphatic rings. The monoisotopic (exact) mass is 137 g/mol. The number of nitrogens with one attached hydrogen (secondary N) is 1. The Hall–Kier alpha value is -1.51. The van der Waals surface area contributed by atoms with Gasteiger partial charge in [-0.1, -0.05) is 6.08 Å². The molecule has 0 aromatic rings. The number of rotatable bonds is 1. The topological polar surface area (TPSA) is 49.3 Å². The van der Waals surface area contributed by atoms with Gasteiger partial charge in [-0.3, -0.25) is 0 Å². The van der Waals surface area contributed by atoms with Crippen molar-refractivity contribution in [3.63, 3.8) is 0 Å². The first-order valence-corrected chi connectivity index (χ1v) is 2.83. The third-order valence-electron chi connectivity index (χ3n) is 1.01. The van der Waals surface area contributed by atoms with E-state index in [1.54, 1.807) is 24.4 Å². The van der Waals surface area contributed by atoms with Crippen LogP contribution in [0.2, 0.25) is 0 Å². The first-order valence-electron chi connectivity index (χ1n) is 2.83. The summed E-state index contributed by atoms with van der Waals surface area (Å²) in [7, 11) is 0. The Kier molecular flexibility index (Phi) is 1.89.